The first kappa shape index (κ1) is 15.0. The van der Waals surface area contributed by atoms with Gasteiger partial charge in [0, 0.05) is 49.9 Å². The van der Waals surface area contributed by atoms with E-state index in [-0.39, 0.29) is 5.91 Å². The monoisotopic (exact) mass is 337 g/mol. The molecule has 0 radical (unpaired) electrons. The van der Waals surface area contributed by atoms with Crippen LogP contribution in [0.4, 0.5) is 5.69 Å². The molecule has 1 aliphatic rings. The van der Waals surface area contributed by atoms with Gasteiger partial charge in [-0.25, -0.2) is 0 Å². The van der Waals surface area contributed by atoms with E-state index in [1.54, 1.807) is 0 Å². The lowest BCUT2D eigenvalue weighted by molar-refractivity contribution is 0.0751. The number of anilines is 1. The Labute approximate surface area is 145 Å². The smallest absolute Gasteiger partial charge is 0.264 e. The Hall–Kier alpha value is -2.53. The molecule has 3 aromatic rings. The highest BCUT2D eigenvalue weighted by atomic mass is 32.1. The quantitative estimate of drug-likeness (QED) is 0.732. The van der Waals surface area contributed by atoms with Crippen LogP contribution in [0.15, 0.2) is 66.3 Å². The standard InChI is InChI=1S/C19H19N3OS/c23-19(18-4-3-15-24-18)22-13-11-21(12-14-22)17-7-5-16(6-8-17)20-9-1-2-10-20/h1-10,15H,11-14H2. The Kier molecular flexibility index (Phi) is 4.09. The van der Waals surface area contributed by atoms with Gasteiger partial charge in [0.05, 0.1) is 4.88 Å². The molecule has 0 saturated carbocycles. The number of thiophene rings is 1. The molecule has 3 heterocycles. The molecule has 4 rings (SSSR count). The second kappa shape index (κ2) is 6.53. The number of amides is 1. The summed E-state index contributed by atoms with van der Waals surface area (Å²) in [6.45, 7) is 3.30. The van der Waals surface area contributed by atoms with Crippen LogP contribution in [-0.2, 0) is 0 Å². The first-order valence-electron chi connectivity index (χ1n) is 8.12. The maximum atomic E-state index is 12.4. The van der Waals surface area contributed by atoms with Crippen molar-refractivity contribution in [2.24, 2.45) is 0 Å². The second-order valence-corrected chi connectivity index (χ2v) is 6.81. The number of piperazine rings is 1. The number of carbonyl (C=O) groups is 1. The number of hydrogen-bond acceptors (Lipinski definition) is 3. The molecular weight excluding hydrogens is 318 g/mol. The van der Waals surface area contributed by atoms with Crippen LogP contribution in [0.2, 0.25) is 0 Å². The molecule has 1 fully saturated rings. The minimum atomic E-state index is 0.160. The van der Waals surface area contributed by atoms with Crippen LogP contribution < -0.4 is 4.90 Å². The summed E-state index contributed by atoms with van der Waals surface area (Å²) < 4.78 is 2.10. The molecule has 2 aromatic heterocycles. The molecule has 0 N–H and O–H groups in total. The summed E-state index contributed by atoms with van der Waals surface area (Å²) in [6.07, 6.45) is 4.09. The van der Waals surface area contributed by atoms with Gasteiger partial charge in [0.2, 0.25) is 0 Å². The summed E-state index contributed by atoms with van der Waals surface area (Å²) in [5.41, 5.74) is 2.38. The molecule has 1 amide bonds. The van der Waals surface area contributed by atoms with Gasteiger partial charge in [0.1, 0.15) is 0 Å². The van der Waals surface area contributed by atoms with Gasteiger partial charge >= 0.3 is 0 Å². The number of carbonyl (C=O) groups excluding carboxylic acids is 1. The molecule has 0 spiro atoms. The van der Waals surface area contributed by atoms with Crippen LogP contribution in [0.3, 0.4) is 0 Å². The molecule has 1 aromatic carbocycles. The van der Waals surface area contributed by atoms with Crippen LogP contribution >= 0.6 is 11.3 Å². The van der Waals surface area contributed by atoms with E-state index in [0.29, 0.717) is 0 Å². The fraction of sp³-hybridized carbons (Fsp3) is 0.211. The fourth-order valence-electron chi connectivity index (χ4n) is 3.07. The third-order valence-electron chi connectivity index (χ3n) is 4.42. The van der Waals surface area contributed by atoms with Crippen LogP contribution in [0.1, 0.15) is 9.67 Å². The predicted octanol–water partition coefficient (Wildman–Crippen LogP) is 3.50. The summed E-state index contributed by atoms with van der Waals surface area (Å²) in [4.78, 5) is 17.5. The van der Waals surface area contributed by atoms with E-state index < -0.39 is 0 Å². The van der Waals surface area contributed by atoms with Crippen molar-refractivity contribution in [2.45, 2.75) is 0 Å². The Morgan fingerprint density at radius 3 is 2.12 bits per heavy atom. The summed E-state index contributed by atoms with van der Waals surface area (Å²) in [6, 6.07) is 16.5. The zero-order valence-electron chi connectivity index (χ0n) is 13.3. The predicted molar refractivity (Wildman–Crippen MR) is 98.2 cm³/mol. The minimum Gasteiger partial charge on any atom is -0.368 e. The van der Waals surface area contributed by atoms with Crippen molar-refractivity contribution in [3.63, 3.8) is 0 Å². The maximum Gasteiger partial charge on any atom is 0.264 e. The highest BCUT2D eigenvalue weighted by Crippen LogP contribution is 2.20. The molecular formula is C19H19N3OS. The van der Waals surface area contributed by atoms with Gasteiger partial charge in [-0.15, -0.1) is 11.3 Å². The molecule has 0 aliphatic carbocycles. The van der Waals surface area contributed by atoms with Gasteiger partial charge in [-0.1, -0.05) is 6.07 Å². The van der Waals surface area contributed by atoms with Crippen molar-refractivity contribution >= 4 is 22.9 Å². The summed E-state index contributed by atoms with van der Waals surface area (Å²) in [7, 11) is 0. The van der Waals surface area contributed by atoms with Crippen LogP contribution in [-0.4, -0.2) is 41.6 Å². The highest BCUT2D eigenvalue weighted by Gasteiger charge is 2.22. The number of aromatic nitrogens is 1. The van der Waals surface area contributed by atoms with E-state index in [4.69, 9.17) is 0 Å². The SMILES string of the molecule is O=C(c1cccs1)N1CCN(c2ccc(-n3cccc3)cc2)CC1. The molecule has 24 heavy (non-hydrogen) atoms. The van der Waals surface area contributed by atoms with Crippen LogP contribution in [0.25, 0.3) is 5.69 Å². The third kappa shape index (κ3) is 2.95. The largest absolute Gasteiger partial charge is 0.368 e. The van der Waals surface area contributed by atoms with Crippen molar-refractivity contribution in [3.05, 3.63) is 71.2 Å². The molecule has 4 nitrogen and oxygen atoms in total. The molecule has 1 saturated heterocycles. The fourth-order valence-corrected chi connectivity index (χ4v) is 3.76. The van der Waals surface area contributed by atoms with E-state index in [0.717, 1.165) is 36.7 Å². The van der Waals surface area contributed by atoms with Gasteiger partial charge in [0.25, 0.3) is 5.91 Å². The Morgan fingerprint density at radius 1 is 0.833 bits per heavy atom. The average Bonchev–Trinajstić information content (AvgIpc) is 3.35. The minimum absolute atomic E-state index is 0.160. The first-order chi connectivity index (χ1) is 11.8. The molecule has 0 unspecified atom stereocenters. The van der Waals surface area contributed by atoms with Crippen LogP contribution in [0.5, 0.6) is 0 Å². The van der Waals surface area contributed by atoms with Crippen LogP contribution in [0, 0.1) is 0 Å². The zero-order chi connectivity index (χ0) is 16.4. The molecule has 0 atom stereocenters. The molecule has 122 valence electrons. The van der Waals surface area contributed by atoms with E-state index in [1.165, 1.54) is 17.0 Å². The van der Waals surface area contributed by atoms with Crippen molar-refractivity contribution in [1.29, 1.82) is 0 Å². The Bertz CT molecular complexity index is 786. The van der Waals surface area contributed by atoms with E-state index >= 15 is 0 Å². The summed E-state index contributed by atoms with van der Waals surface area (Å²) in [5, 5.41) is 1.95. The van der Waals surface area contributed by atoms with Crippen molar-refractivity contribution < 1.29 is 4.79 Å². The maximum absolute atomic E-state index is 12.4. The molecule has 0 bridgehead atoms. The zero-order valence-corrected chi connectivity index (χ0v) is 14.2. The lowest BCUT2D eigenvalue weighted by atomic mass is 10.2. The normalized spacial score (nSPS) is 14.8. The van der Waals surface area contributed by atoms with Crippen molar-refractivity contribution in [3.8, 4) is 5.69 Å². The molecule has 5 heteroatoms. The topological polar surface area (TPSA) is 28.5 Å². The number of nitrogens with zero attached hydrogens (tertiary/aromatic N) is 3. The van der Waals surface area contributed by atoms with Gasteiger partial charge in [-0.05, 0) is 47.8 Å². The second-order valence-electron chi connectivity index (χ2n) is 5.86. The number of hydrogen-bond donors (Lipinski definition) is 0. The van der Waals surface area contributed by atoms with Gasteiger partial charge < -0.3 is 14.4 Å². The van der Waals surface area contributed by atoms with Crippen molar-refractivity contribution in [1.82, 2.24) is 9.47 Å². The van der Waals surface area contributed by atoms with Gasteiger partial charge in [0.15, 0.2) is 0 Å². The summed E-state index contributed by atoms with van der Waals surface area (Å²) >= 11 is 1.51. The van der Waals surface area contributed by atoms with Crippen molar-refractivity contribution in [2.75, 3.05) is 31.1 Å². The van der Waals surface area contributed by atoms with Gasteiger partial charge in [-0.2, -0.15) is 0 Å². The first-order valence-corrected chi connectivity index (χ1v) is 9.00. The molecule has 1 aliphatic heterocycles. The number of rotatable bonds is 3. The Morgan fingerprint density at radius 2 is 1.50 bits per heavy atom. The third-order valence-corrected chi connectivity index (χ3v) is 5.27. The highest BCUT2D eigenvalue weighted by molar-refractivity contribution is 7.12. The summed E-state index contributed by atoms with van der Waals surface area (Å²) in [5.74, 6) is 0.160. The Balaban J connectivity index is 1.40. The van der Waals surface area contributed by atoms with E-state index in [2.05, 4.69) is 33.7 Å². The average molecular weight is 337 g/mol. The van der Waals surface area contributed by atoms with E-state index in [9.17, 15) is 4.79 Å². The van der Waals surface area contributed by atoms with E-state index in [1.807, 2.05) is 46.9 Å². The lowest BCUT2D eigenvalue weighted by Gasteiger charge is -2.36. The number of benzene rings is 1. The lowest BCUT2D eigenvalue weighted by Crippen LogP contribution is -2.48. The van der Waals surface area contributed by atoms with Gasteiger partial charge in [-0.3, -0.25) is 4.79 Å².